The minimum atomic E-state index is 0.138. The van der Waals surface area contributed by atoms with Gasteiger partial charge in [-0.15, -0.1) is 0 Å². The highest BCUT2D eigenvalue weighted by molar-refractivity contribution is 4.93. The largest absolute Gasteiger partial charge is 0.394 e. The summed E-state index contributed by atoms with van der Waals surface area (Å²) in [6.07, 6.45) is 6.99. The quantitative estimate of drug-likeness (QED) is 0.542. The van der Waals surface area contributed by atoms with Gasteiger partial charge in [0.05, 0.1) is 13.2 Å². The van der Waals surface area contributed by atoms with Gasteiger partial charge in [0.25, 0.3) is 0 Å². The van der Waals surface area contributed by atoms with Crippen LogP contribution in [0.1, 0.15) is 26.7 Å². The number of allylic oxidation sites excluding steroid dienone is 2. The van der Waals surface area contributed by atoms with Crippen LogP contribution in [0.15, 0.2) is 12.2 Å². The molecular formula is C12H22O2. The number of ether oxygens (including phenoxy) is 1. The van der Waals surface area contributed by atoms with Gasteiger partial charge in [0.1, 0.15) is 0 Å². The van der Waals surface area contributed by atoms with E-state index in [1.54, 1.807) is 0 Å². The molecule has 3 atom stereocenters. The Morgan fingerprint density at radius 2 is 2.21 bits per heavy atom. The van der Waals surface area contributed by atoms with Crippen molar-refractivity contribution in [3.8, 4) is 0 Å². The molecule has 0 saturated heterocycles. The highest BCUT2D eigenvalue weighted by Crippen LogP contribution is 2.36. The van der Waals surface area contributed by atoms with E-state index in [2.05, 4.69) is 26.0 Å². The highest BCUT2D eigenvalue weighted by Gasteiger charge is 2.29. The third-order valence-electron chi connectivity index (χ3n) is 3.12. The number of hydrogen-bond acceptors (Lipinski definition) is 2. The molecule has 0 aromatic carbocycles. The lowest BCUT2D eigenvalue weighted by Gasteiger charge is -2.14. The molecule has 1 aliphatic carbocycles. The first kappa shape index (κ1) is 11.7. The Balaban J connectivity index is 2.25. The summed E-state index contributed by atoms with van der Waals surface area (Å²) < 4.78 is 5.39. The van der Waals surface area contributed by atoms with Crippen LogP contribution in [0.5, 0.6) is 0 Å². The summed E-state index contributed by atoms with van der Waals surface area (Å²) in [6, 6.07) is 0. The Morgan fingerprint density at radius 3 is 2.86 bits per heavy atom. The maximum Gasteiger partial charge on any atom is 0.0697 e. The van der Waals surface area contributed by atoms with Crippen molar-refractivity contribution in [3.63, 3.8) is 0 Å². The van der Waals surface area contributed by atoms with Crippen LogP contribution in [0, 0.1) is 17.8 Å². The smallest absolute Gasteiger partial charge is 0.0697 e. The van der Waals surface area contributed by atoms with Crippen LogP contribution in [-0.2, 0) is 4.74 Å². The molecule has 1 saturated carbocycles. The van der Waals surface area contributed by atoms with Crippen molar-refractivity contribution in [2.24, 2.45) is 17.8 Å². The second-order valence-corrected chi connectivity index (χ2v) is 4.29. The predicted molar refractivity (Wildman–Crippen MR) is 58.1 cm³/mol. The van der Waals surface area contributed by atoms with Crippen LogP contribution in [-0.4, -0.2) is 24.9 Å². The van der Waals surface area contributed by atoms with Gasteiger partial charge >= 0.3 is 0 Å². The van der Waals surface area contributed by atoms with Gasteiger partial charge < -0.3 is 9.84 Å². The average molecular weight is 198 g/mol. The molecule has 0 heterocycles. The van der Waals surface area contributed by atoms with Crippen molar-refractivity contribution in [1.82, 2.24) is 0 Å². The van der Waals surface area contributed by atoms with Crippen LogP contribution in [0.4, 0.5) is 0 Å². The van der Waals surface area contributed by atoms with Crippen molar-refractivity contribution in [1.29, 1.82) is 0 Å². The lowest BCUT2D eigenvalue weighted by molar-refractivity contribution is 0.0597. The van der Waals surface area contributed by atoms with Crippen molar-refractivity contribution in [3.05, 3.63) is 12.2 Å². The second-order valence-electron chi connectivity index (χ2n) is 4.29. The molecule has 1 aliphatic rings. The predicted octanol–water partition coefficient (Wildman–Crippen LogP) is 2.23. The lowest BCUT2D eigenvalue weighted by Crippen LogP contribution is -2.13. The Kier molecular flexibility index (Phi) is 5.20. The summed E-state index contributed by atoms with van der Waals surface area (Å²) in [5.74, 6) is 2.19. The molecule has 0 radical (unpaired) electrons. The third kappa shape index (κ3) is 3.43. The summed E-state index contributed by atoms with van der Waals surface area (Å²) in [6.45, 7) is 5.82. The molecule has 82 valence electrons. The normalized spacial score (nSPS) is 32.9. The number of aliphatic hydroxyl groups excluding tert-OH is 1. The summed E-state index contributed by atoms with van der Waals surface area (Å²) in [5, 5.41) is 8.61. The first-order valence-corrected chi connectivity index (χ1v) is 5.59. The van der Waals surface area contributed by atoms with E-state index in [9.17, 15) is 0 Å². The van der Waals surface area contributed by atoms with Gasteiger partial charge in [-0.1, -0.05) is 19.1 Å². The zero-order chi connectivity index (χ0) is 10.4. The summed E-state index contributed by atoms with van der Waals surface area (Å²) in [5.41, 5.74) is 0. The topological polar surface area (TPSA) is 29.5 Å². The zero-order valence-corrected chi connectivity index (χ0v) is 9.28. The van der Waals surface area contributed by atoms with Crippen LogP contribution in [0.2, 0.25) is 0 Å². The number of hydrogen-bond donors (Lipinski definition) is 1. The van der Waals surface area contributed by atoms with E-state index >= 15 is 0 Å². The van der Waals surface area contributed by atoms with Crippen molar-refractivity contribution in [2.45, 2.75) is 26.7 Å². The van der Waals surface area contributed by atoms with E-state index < -0.39 is 0 Å². The molecule has 1 rings (SSSR count). The Morgan fingerprint density at radius 1 is 1.43 bits per heavy atom. The van der Waals surface area contributed by atoms with E-state index in [1.807, 2.05) is 0 Å². The maximum atomic E-state index is 8.61. The molecular weight excluding hydrogens is 176 g/mol. The van der Waals surface area contributed by atoms with Crippen LogP contribution in [0.3, 0.4) is 0 Å². The number of aliphatic hydroxyl groups is 1. The van der Waals surface area contributed by atoms with E-state index in [1.165, 1.54) is 12.8 Å². The van der Waals surface area contributed by atoms with Crippen molar-refractivity contribution >= 4 is 0 Å². The summed E-state index contributed by atoms with van der Waals surface area (Å²) >= 11 is 0. The monoisotopic (exact) mass is 198 g/mol. The van der Waals surface area contributed by atoms with Gasteiger partial charge in [0.2, 0.25) is 0 Å². The molecule has 0 bridgehead atoms. The first-order chi connectivity index (χ1) is 6.77. The molecule has 0 aromatic heterocycles. The number of rotatable bonds is 5. The van der Waals surface area contributed by atoms with E-state index in [0.717, 1.165) is 18.4 Å². The fourth-order valence-electron chi connectivity index (χ4n) is 2.35. The standard InChI is InChI=1S/C12H22O2/c1-3-4-11-7-10(2)12(8-11)9-14-6-5-13/h3-4,10-13H,5-9H2,1-2H3/b4-3+/t10-,11?,12?/m0/s1. The molecule has 0 amide bonds. The molecule has 2 heteroatoms. The molecule has 0 spiro atoms. The van der Waals surface area contributed by atoms with Gasteiger partial charge in [-0.25, -0.2) is 0 Å². The molecule has 2 nitrogen and oxygen atoms in total. The summed E-state index contributed by atoms with van der Waals surface area (Å²) in [7, 11) is 0. The highest BCUT2D eigenvalue weighted by atomic mass is 16.5. The molecule has 1 fully saturated rings. The molecule has 0 aromatic rings. The maximum absolute atomic E-state index is 8.61. The zero-order valence-electron chi connectivity index (χ0n) is 9.28. The van der Waals surface area contributed by atoms with E-state index in [-0.39, 0.29) is 6.61 Å². The van der Waals surface area contributed by atoms with Crippen LogP contribution in [0.25, 0.3) is 0 Å². The average Bonchev–Trinajstić information content (AvgIpc) is 2.48. The minimum absolute atomic E-state index is 0.138. The Bertz CT molecular complexity index is 177. The van der Waals surface area contributed by atoms with E-state index in [0.29, 0.717) is 12.5 Å². The second kappa shape index (κ2) is 6.20. The lowest BCUT2D eigenvalue weighted by atomic mass is 9.99. The van der Waals surface area contributed by atoms with E-state index in [4.69, 9.17) is 9.84 Å². The SMILES string of the molecule is C/C=C/C1CC(COCCO)[C@@H](C)C1. The van der Waals surface area contributed by atoms with Gasteiger partial charge in [-0.2, -0.15) is 0 Å². The minimum Gasteiger partial charge on any atom is -0.394 e. The van der Waals surface area contributed by atoms with Gasteiger partial charge in [-0.3, -0.25) is 0 Å². The summed E-state index contributed by atoms with van der Waals surface area (Å²) in [4.78, 5) is 0. The van der Waals surface area contributed by atoms with Gasteiger partial charge in [0.15, 0.2) is 0 Å². The molecule has 2 unspecified atom stereocenters. The molecule has 1 N–H and O–H groups in total. The van der Waals surface area contributed by atoms with Crippen LogP contribution >= 0.6 is 0 Å². The van der Waals surface area contributed by atoms with Crippen molar-refractivity contribution < 1.29 is 9.84 Å². The fraction of sp³-hybridized carbons (Fsp3) is 0.833. The van der Waals surface area contributed by atoms with Crippen LogP contribution < -0.4 is 0 Å². The van der Waals surface area contributed by atoms with Gasteiger partial charge in [-0.05, 0) is 37.5 Å². The Hall–Kier alpha value is -0.340. The van der Waals surface area contributed by atoms with Gasteiger partial charge in [0, 0.05) is 6.61 Å². The molecule has 14 heavy (non-hydrogen) atoms. The first-order valence-electron chi connectivity index (χ1n) is 5.59. The fourth-order valence-corrected chi connectivity index (χ4v) is 2.35. The van der Waals surface area contributed by atoms with Crippen molar-refractivity contribution in [2.75, 3.05) is 19.8 Å². The Labute approximate surface area is 87.0 Å². The third-order valence-corrected chi connectivity index (χ3v) is 3.12. The molecule has 0 aliphatic heterocycles.